The minimum absolute atomic E-state index is 0.157. The molecular weight excluding hydrogens is 318 g/mol. The first-order valence-corrected chi connectivity index (χ1v) is 7.88. The third kappa shape index (κ3) is 2.52. The molecule has 126 valence electrons. The van der Waals surface area contributed by atoms with Crippen LogP contribution in [0.2, 0.25) is 0 Å². The van der Waals surface area contributed by atoms with Crippen LogP contribution in [0.4, 0.5) is 0 Å². The smallest absolute Gasteiger partial charge is 0.270 e. The van der Waals surface area contributed by atoms with Crippen LogP contribution in [0.25, 0.3) is 11.3 Å². The lowest BCUT2D eigenvalue weighted by atomic mass is 9.96. The van der Waals surface area contributed by atoms with Crippen molar-refractivity contribution >= 4 is 5.91 Å². The van der Waals surface area contributed by atoms with Gasteiger partial charge in [-0.05, 0) is 42.0 Å². The van der Waals surface area contributed by atoms with E-state index in [1.165, 1.54) is 0 Å². The average Bonchev–Trinajstić information content (AvgIpc) is 3.23. The first-order valence-electron chi connectivity index (χ1n) is 7.88. The molecule has 1 amide bonds. The number of nitrogens with zero attached hydrogens (tertiary/aromatic N) is 1. The van der Waals surface area contributed by atoms with Crippen molar-refractivity contribution in [3.63, 3.8) is 0 Å². The van der Waals surface area contributed by atoms with Gasteiger partial charge in [-0.15, -0.1) is 0 Å². The summed E-state index contributed by atoms with van der Waals surface area (Å²) < 4.78 is 10.5. The molecule has 2 heterocycles. The molecule has 0 radical (unpaired) electrons. The summed E-state index contributed by atoms with van der Waals surface area (Å²) in [5, 5.41) is 10.3. The average molecular weight is 335 g/mol. The second-order valence-electron chi connectivity index (χ2n) is 5.77. The number of benzene rings is 2. The summed E-state index contributed by atoms with van der Waals surface area (Å²) in [7, 11) is 3.25. The van der Waals surface area contributed by atoms with Crippen LogP contribution in [0.15, 0.2) is 48.5 Å². The normalized spacial score (nSPS) is 15.6. The Balaban J connectivity index is 1.80. The molecule has 1 atom stereocenters. The van der Waals surface area contributed by atoms with E-state index in [1.807, 2.05) is 48.5 Å². The quantitative estimate of drug-likeness (QED) is 0.769. The number of rotatable bonds is 4. The third-order valence-corrected chi connectivity index (χ3v) is 4.39. The summed E-state index contributed by atoms with van der Waals surface area (Å²) >= 11 is 0. The number of aromatic amines is 1. The van der Waals surface area contributed by atoms with Crippen LogP contribution < -0.4 is 14.8 Å². The number of H-pyrrole nitrogens is 1. The SMILES string of the molecule is COc1ccc(-c2n[nH]c3c2[C@H](c2cccc(OC)c2)NC3=O)cc1. The number of carbonyl (C=O) groups excluding carboxylic acids is 1. The topological polar surface area (TPSA) is 76.2 Å². The fourth-order valence-electron chi connectivity index (χ4n) is 3.12. The Morgan fingerprint density at radius 1 is 1.00 bits per heavy atom. The predicted octanol–water partition coefficient (Wildman–Crippen LogP) is 2.93. The number of ether oxygens (including phenoxy) is 2. The van der Waals surface area contributed by atoms with Crippen molar-refractivity contribution in [1.29, 1.82) is 0 Å². The van der Waals surface area contributed by atoms with Crippen LogP contribution in [-0.2, 0) is 0 Å². The molecule has 1 aromatic heterocycles. The highest BCUT2D eigenvalue weighted by Crippen LogP contribution is 2.38. The highest BCUT2D eigenvalue weighted by molar-refractivity contribution is 6.00. The monoisotopic (exact) mass is 335 g/mol. The van der Waals surface area contributed by atoms with E-state index in [9.17, 15) is 4.79 Å². The van der Waals surface area contributed by atoms with Gasteiger partial charge in [0.1, 0.15) is 17.2 Å². The highest BCUT2D eigenvalue weighted by Gasteiger charge is 2.35. The van der Waals surface area contributed by atoms with Gasteiger partial charge in [-0.2, -0.15) is 5.10 Å². The van der Waals surface area contributed by atoms with Crippen molar-refractivity contribution in [2.45, 2.75) is 6.04 Å². The van der Waals surface area contributed by atoms with Crippen molar-refractivity contribution in [3.8, 4) is 22.8 Å². The zero-order chi connectivity index (χ0) is 17.4. The van der Waals surface area contributed by atoms with E-state index in [-0.39, 0.29) is 11.9 Å². The zero-order valence-corrected chi connectivity index (χ0v) is 13.9. The summed E-state index contributed by atoms with van der Waals surface area (Å²) in [5.41, 5.74) is 3.97. The molecule has 0 bridgehead atoms. The Labute approximate surface area is 144 Å². The summed E-state index contributed by atoms with van der Waals surface area (Å²) in [5.74, 6) is 1.36. The Morgan fingerprint density at radius 2 is 1.76 bits per heavy atom. The fourth-order valence-corrected chi connectivity index (χ4v) is 3.12. The van der Waals surface area contributed by atoms with Gasteiger partial charge >= 0.3 is 0 Å². The highest BCUT2D eigenvalue weighted by atomic mass is 16.5. The molecule has 25 heavy (non-hydrogen) atoms. The molecule has 0 saturated carbocycles. The van der Waals surface area contributed by atoms with Gasteiger partial charge < -0.3 is 14.8 Å². The minimum atomic E-state index is -0.270. The Kier molecular flexibility index (Phi) is 3.65. The number of amides is 1. The van der Waals surface area contributed by atoms with Crippen LogP contribution in [0.3, 0.4) is 0 Å². The van der Waals surface area contributed by atoms with E-state index < -0.39 is 0 Å². The van der Waals surface area contributed by atoms with E-state index in [0.717, 1.165) is 33.9 Å². The molecule has 0 aliphatic carbocycles. The maximum Gasteiger partial charge on any atom is 0.270 e. The molecule has 3 aromatic rings. The number of carbonyl (C=O) groups is 1. The second-order valence-corrected chi connectivity index (χ2v) is 5.77. The molecule has 0 spiro atoms. The number of fused-ring (bicyclic) bond motifs is 1. The molecule has 0 fully saturated rings. The Hall–Kier alpha value is -3.28. The van der Waals surface area contributed by atoms with E-state index in [1.54, 1.807) is 14.2 Å². The number of aromatic nitrogens is 2. The van der Waals surface area contributed by atoms with Crippen molar-refractivity contribution in [2.24, 2.45) is 0 Å². The van der Waals surface area contributed by atoms with Crippen molar-refractivity contribution in [2.75, 3.05) is 14.2 Å². The molecule has 1 aliphatic rings. The molecule has 0 unspecified atom stereocenters. The fraction of sp³-hybridized carbons (Fsp3) is 0.158. The maximum absolute atomic E-state index is 12.3. The van der Waals surface area contributed by atoms with Gasteiger partial charge in [-0.3, -0.25) is 9.89 Å². The first kappa shape index (κ1) is 15.3. The summed E-state index contributed by atoms with van der Waals surface area (Å²) in [6, 6.07) is 15.0. The summed E-state index contributed by atoms with van der Waals surface area (Å²) in [4.78, 5) is 12.3. The molecule has 6 heteroatoms. The molecule has 2 N–H and O–H groups in total. The Morgan fingerprint density at radius 3 is 2.48 bits per heavy atom. The standard InChI is InChI=1S/C19H17N3O3/c1-24-13-8-6-11(7-9-13)17-15-16(20-19(23)18(15)22-21-17)12-4-3-5-14(10-12)25-2/h3-10,16H,1-2H3,(H,20,23)(H,21,22)/t16-/m0/s1. The van der Waals surface area contributed by atoms with Crippen LogP contribution in [0, 0.1) is 0 Å². The van der Waals surface area contributed by atoms with Gasteiger partial charge in [0.25, 0.3) is 5.91 Å². The maximum atomic E-state index is 12.3. The van der Waals surface area contributed by atoms with Gasteiger partial charge in [0.2, 0.25) is 0 Å². The molecule has 4 rings (SSSR count). The minimum Gasteiger partial charge on any atom is -0.497 e. The van der Waals surface area contributed by atoms with E-state index in [0.29, 0.717) is 5.69 Å². The number of hydrogen-bond donors (Lipinski definition) is 2. The van der Waals surface area contributed by atoms with Crippen molar-refractivity contribution in [1.82, 2.24) is 15.5 Å². The lowest BCUT2D eigenvalue weighted by Gasteiger charge is -2.14. The third-order valence-electron chi connectivity index (χ3n) is 4.39. The molecule has 1 aliphatic heterocycles. The Bertz CT molecular complexity index is 931. The predicted molar refractivity (Wildman–Crippen MR) is 92.9 cm³/mol. The van der Waals surface area contributed by atoms with Gasteiger partial charge in [0.05, 0.1) is 26.0 Å². The largest absolute Gasteiger partial charge is 0.497 e. The van der Waals surface area contributed by atoms with Crippen LogP contribution in [0.5, 0.6) is 11.5 Å². The number of methoxy groups -OCH3 is 2. The number of nitrogens with one attached hydrogen (secondary N) is 2. The van der Waals surface area contributed by atoms with Crippen molar-refractivity contribution in [3.05, 3.63) is 65.4 Å². The van der Waals surface area contributed by atoms with Gasteiger partial charge in [0, 0.05) is 11.1 Å². The van der Waals surface area contributed by atoms with Gasteiger partial charge in [-0.1, -0.05) is 12.1 Å². The van der Waals surface area contributed by atoms with E-state index in [4.69, 9.17) is 9.47 Å². The number of hydrogen-bond acceptors (Lipinski definition) is 4. The first-order chi connectivity index (χ1) is 12.2. The summed E-state index contributed by atoms with van der Waals surface area (Å²) in [6.07, 6.45) is 0. The van der Waals surface area contributed by atoms with E-state index in [2.05, 4.69) is 15.5 Å². The molecule has 0 saturated heterocycles. The van der Waals surface area contributed by atoms with Crippen LogP contribution in [-0.4, -0.2) is 30.3 Å². The zero-order valence-electron chi connectivity index (χ0n) is 13.9. The molecular formula is C19H17N3O3. The van der Waals surface area contributed by atoms with Gasteiger partial charge in [-0.25, -0.2) is 0 Å². The lowest BCUT2D eigenvalue weighted by molar-refractivity contribution is 0.0955. The lowest BCUT2D eigenvalue weighted by Crippen LogP contribution is -2.21. The van der Waals surface area contributed by atoms with Crippen LogP contribution in [0.1, 0.15) is 27.7 Å². The summed E-state index contributed by atoms with van der Waals surface area (Å²) in [6.45, 7) is 0. The van der Waals surface area contributed by atoms with Crippen molar-refractivity contribution < 1.29 is 14.3 Å². The molecule has 2 aromatic carbocycles. The van der Waals surface area contributed by atoms with E-state index >= 15 is 0 Å². The van der Waals surface area contributed by atoms with Crippen LogP contribution >= 0.6 is 0 Å². The van der Waals surface area contributed by atoms with Gasteiger partial charge in [0.15, 0.2) is 0 Å². The molecule has 6 nitrogen and oxygen atoms in total. The second kappa shape index (κ2) is 5.98.